The predicted molar refractivity (Wildman–Crippen MR) is 140 cm³/mol. The van der Waals surface area contributed by atoms with E-state index >= 15 is 0 Å². The summed E-state index contributed by atoms with van der Waals surface area (Å²) in [4.78, 5) is 34.1. The Bertz CT molecular complexity index is 1030. The molecule has 7 heteroatoms. The van der Waals surface area contributed by atoms with Crippen LogP contribution >= 0.6 is 11.8 Å². The van der Waals surface area contributed by atoms with Gasteiger partial charge >= 0.3 is 0 Å². The van der Waals surface area contributed by atoms with Crippen molar-refractivity contribution in [3.8, 4) is 0 Å². The molecule has 0 aliphatic carbocycles. The van der Waals surface area contributed by atoms with Gasteiger partial charge < -0.3 is 15.1 Å². The maximum absolute atomic E-state index is 13.4. The molecule has 1 saturated heterocycles. The van der Waals surface area contributed by atoms with Gasteiger partial charge in [0.05, 0.1) is 10.6 Å². The van der Waals surface area contributed by atoms with E-state index in [4.69, 9.17) is 0 Å². The number of thioether (sulfide) groups is 1. The second-order valence-corrected chi connectivity index (χ2v) is 10.00. The predicted octanol–water partition coefficient (Wildman–Crippen LogP) is 3.48. The SMILES string of the molecule is CCc1ccc(/C=C2/Sc3ccccc3N(CC(=O)NCCCN3CCN(C)CC3)C2=O)cc1. The van der Waals surface area contributed by atoms with E-state index in [0.29, 0.717) is 11.4 Å². The van der Waals surface area contributed by atoms with Crippen molar-refractivity contribution < 1.29 is 9.59 Å². The van der Waals surface area contributed by atoms with Crippen molar-refractivity contribution >= 4 is 35.3 Å². The normalized spacial score (nSPS) is 18.2. The molecule has 2 amide bonds. The van der Waals surface area contributed by atoms with Crippen LogP contribution in [-0.2, 0) is 16.0 Å². The quantitative estimate of drug-likeness (QED) is 0.465. The summed E-state index contributed by atoms with van der Waals surface area (Å²) < 4.78 is 0. The van der Waals surface area contributed by atoms with Gasteiger partial charge in [-0.1, -0.05) is 55.1 Å². The Kier molecular flexibility index (Phi) is 8.43. The Labute approximate surface area is 207 Å². The van der Waals surface area contributed by atoms with Crippen LogP contribution in [-0.4, -0.2) is 74.5 Å². The van der Waals surface area contributed by atoms with Crippen LogP contribution in [0.3, 0.4) is 0 Å². The van der Waals surface area contributed by atoms with Gasteiger partial charge in [0.15, 0.2) is 0 Å². The molecule has 0 spiro atoms. The average molecular weight is 479 g/mol. The van der Waals surface area contributed by atoms with Crippen molar-refractivity contribution in [2.24, 2.45) is 0 Å². The van der Waals surface area contributed by atoms with Crippen LogP contribution in [0.25, 0.3) is 6.08 Å². The average Bonchev–Trinajstić information content (AvgIpc) is 2.86. The lowest BCUT2D eigenvalue weighted by atomic mass is 10.1. The van der Waals surface area contributed by atoms with E-state index < -0.39 is 0 Å². The van der Waals surface area contributed by atoms with Gasteiger partial charge in [-0.25, -0.2) is 0 Å². The highest BCUT2D eigenvalue weighted by atomic mass is 32.2. The Morgan fingerprint density at radius 2 is 1.79 bits per heavy atom. The summed E-state index contributed by atoms with van der Waals surface area (Å²) in [5, 5.41) is 3.01. The first kappa shape index (κ1) is 24.5. The van der Waals surface area contributed by atoms with Crippen molar-refractivity contribution in [2.45, 2.75) is 24.7 Å². The molecule has 0 aromatic heterocycles. The first-order valence-corrected chi connectivity index (χ1v) is 12.9. The van der Waals surface area contributed by atoms with Crippen LogP contribution in [0.1, 0.15) is 24.5 Å². The van der Waals surface area contributed by atoms with E-state index in [0.717, 1.165) is 61.7 Å². The molecule has 1 fully saturated rings. The fourth-order valence-electron chi connectivity index (χ4n) is 4.22. The monoisotopic (exact) mass is 478 g/mol. The number of rotatable bonds is 8. The molecular weight excluding hydrogens is 444 g/mol. The number of fused-ring (bicyclic) bond motifs is 1. The highest BCUT2D eigenvalue weighted by Gasteiger charge is 2.30. The van der Waals surface area contributed by atoms with Gasteiger partial charge in [-0.2, -0.15) is 0 Å². The van der Waals surface area contributed by atoms with Crippen LogP contribution in [0.15, 0.2) is 58.3 Å². The largest absolute Gasteiger partial charge is 0.355 e. The number of anilines is 1. The van der Waals surface area contributed by atoms with Crippen molar-refractivity contribution in [1.82, 2.24) is 15.1 Å². The molecule has 2 aliphatic rings. The van der Waals surface area contributed by atoms with Crippen molar-refractivity contribution in [3.05, 3.63) is 64.6 Å². The van der Waals surface area contributed by atoms with Crippen molar-refractivity contribution in [2.75, 3.05) is 57.8 Å². The van der Waals surface area contributed by atoms with E-state index in [1.54, 1.807) is 4.90 Å². The zero-order valence-electron chi connectivity index (χ0n) is 20.1. The lowest BCUT2D eigenvalue weighted by molar-refractivity contribution is -0.122. The van der Waals surface area contributed by atoms with Crippen molar-refractivity contribution in [3.63, 3.8) is 0 Å². The minimum atomic E-state index is -0.129. The third-order valence-corrected chi connectivity index (χ3v) is 7.47. The molecule has 2 aromatic carbocycles. The van der Waals surface area contributed by atoms with Gasteiger partial charge in [-0.3, -0.25) is 14.5 Å². The molecule has 1 N–H and O–H groups in total. The second kappa shape index (κ2) is 11.7. The number of hydrogen-bond acceptors (Lipinski definition) is 5. The van der Waals surface area contributed by atoms with Gasteiger partial charge in [0, 0.05) is 37.6 Å². The van der Waals surface area contributed by atoms with E-state index in [1.165, 1.54) is 17.3 Å². The first-order chi connectivity index (χ1) is 16.5. The van der Waals surface area contributed by atoms with Gasteiger partial charge in [0.25, 0.3) is 5.91 Å². The lowest BCUT2D eigenvalue weighted by Gasteiger charge is -2.32. The third kappa shape index (κ3) is 6.29. The maximum atomic E-state index is 13.4. The molecule has 0 bridgehead atoms. The van der Waals surface area contributed by atoms with E-state index in [2.05, 4.69) is 41.2 Å². The molecule has 2 aromatic rings. The van der Waals surface area contributed by atoms with Gasteiger partial charge in [0.1, 0.15) is 6.54 Å². The second-order valence-electron chi connectivity index (χ2n) is 8.91. The molecule has 0 radical (unpaired) electrons. The summed E-state index contributed by atoms with van der Waals surface area (Å²) in [6.07, 6.45) is 3.81. The summed E-state index contributed by atoms with van der Waals surface area (Å²) in [6.45, 7) is 8.11. The fourth-order valence-corrected chi connectivity index (χ4v) is 5.28. The zero-order valence-corrected chi connectivity index (χ0v) is 20.9. The molecule has 6 nitrogen and oxygen atoms in total. The Hall–Kier alpha value is -2.61. The smallest absolute Gasteiger partial charge is 0.265 e. The standard InChI is InChI=1S/C27H34N4O2S/c1-3-21-9-11-22(12-10-21)19-25-27(33)31(23-7-4-5-8-24(23)34-25)20-26(32)28-13-6-14-30-17-15-29(2)16-18-30/h4-5,7-12,19H,3,6,13-18,20H2,1-2H3,(H,28,32)/b25-19+. The third-order valence-electron chi connectivity index (χ3n) is 6.39. The summed E-state index contributed by atoms with van der Waals surface area (Å²) in [5.74, 6) is -0.254. The minimum absolute atomic E-state index is 0.0248. The lowest BCUT2D eigenvalue weighted by Crippen LogP contribution is -2.45. The van der Waals surface area contributed by atoms with E-state index in [9.17, 15) is 9.59 Å². The summed E-state index contributed by atoms with van der Waals surface area (Å²) in [5.41, 5.74) is 3.05. The summed E-state index contributed by atoms with van der Waals surface area (Å²) >= 11 is 1.47. The maximum Gasteiger partial charge on any atom is 0.265 e. The molecule has 0 saturated carbocycles. The van der Waals surface area contributed by atoms with Crippen LogP contribution in [0.5, 0.6) is 0 Å². The number of amides is 2. The van der Waals surface area contributed by atoms with Crippen LogP contribution in [0.2, 0.25) is 0 Å². The Balaban J connectivity index is 1.38. The van der Waals surface area contributed by atoms with E-state index in [1.807, 2.05) is 42.5 Å². The van der Waals surface area contributed by atoms with Gasteiger partial charge in [0.2, 0.25) is 5.91 Å². The molecule has 0 unspecified atom stereocenters. The minimum Gasteiger partial charge on any atom is -0.355 e. The van der Waals surface area contributed by atoms with Crippen LogP contribution < -0.4 is 10.2 Å². The summed E-state index contributed by atoms with van der Waals surface area (Å²) in [7, 11) is 2.15. The number of carbonyl (C=O) groups is 2. The molecule has 2 aliphatic heterocycles. The molecule has 180 valence electrons. The highest BCUT2D eigenvalue weighted by molar-refractivity contribution is 8.04. The fraction of sp³-hybridized carbons (Fsp3) is 0.407. The number of hydrogen-bond donors (Lipinski definition) is 1. The van der Waals surface area contributed by atoms with Crippen LogP contribution in [0.4, 0.5) is 5.69 Å². The highest BCUT2D eigenvalue weighted by Crippen LogP contribution is 2.41. The zero-order chi connectivity index (χ0) is 23.9. The molecule has 34 heavy (non-hydrogen) atoms. The Morgan fingerprint density at radius 3 is 2.53 bits per heavy atom. The van der Waals surface area contributed by atoms with Crippen LogP contribution in [0, 0.1) is 0 Å². The van der Waals surface area contributed by atoms with Crippen molar-refractivity contribution in [1.29, 1.82) is 0 Å². The molecule has 0 atom stereocenters. The number of nitrogens with zero attached hydrogens (tertiary/aromatic N) is 3. The number of para-hydroxylation sites is 1. The topological polar surface area (TPSA) is 55.9 Å². The number of likely N-dealkylation sites (N-methyl/N-ethyl adjacent to an activating group) is 1. The van der Waals surface area contributed by atoms with Gasteiger partial charge in [-0.15, -0.1) is 0 Å². The summed E-state index contributed by atoms with van der Waals surface area (Å²) in [6, 6.07) is 16.0. The first-order valence-electron chi connectivity index (χ1n) is 12.1. The number of aryl methyl sites for hydroxylation is 1. The number of carbonyl (C=O) groups excluding carboxylic acids is 2. The number of piperazine rings is 1. The number of nitrogens with one attached hydrogen (secondary N) is 1. The molecular formula is C27H34N4O2S. The van der Waals surface area contributed by atoms with Gasteiger partial charge in [-0.05, 0) is 55.8 Å². The van der Waals surface area contributed by atoms with E-state index in [-0.39, 0.29) is 18.4 Å². The molecule has 2 heterocycles. The number of benzene rings is 2. The molecule has 4 rings (SSSR count). The Morgan fingerprint density at radius 1 is 1.06 bits per heavy atom.